The second-order valence-corrected chi connectivity index (χ2v) is 3.58. The number of rotatable bonds is 3. The Morgan fingerprint density at radius 1 is 0.944 bits per heavy atom. The summed E-state index contributed by atoms with van der Waals surface area (Å²) in [5.41, 5.74) is -0.136. The SMILES string of the molecule is O=C(O)c1cc(O)ccc1Oc1ccc(O)cc1. The minimum Gasteiger partial charge on any atom is -0.508 e. The second-order valence-electron chi connectivity index (χ2n) is 3.58. The Bertz CT molecular complexity index is 574. The molecule has 0 saturated heterocycles. The lowest BCUT2D eigenvalue weighted by Crippen LogP contribution is -1.99. The van der Waals surface area contributed by atoms with Crippen LogP contribution in [0.25, 0.3) is 0 Å². The van der Waals surface area contributed by atoms with Gasteiger partial charge in [-0.1, -0.05) is 0 Å². The number of phenols is 2. The third kappa shape index (κ3) is 2.52. The van der Waals surface area contributed by atoms with Gasteiger partial charge in [0.25, 0.3) is 0 Å². The standard InChI is InChI=1S/C13H10O5/c14-8-1-4-10(5-2-8)18-12-6-3-9(15)7-11(12)13(16)17/h1-7,14-15H,(H,16,17). The summed E-state index contributed by atoms with van der Waals surface area (Å²) in [7, 11) is 0. The molecule has 2 rings (SSSR count). The third-order valence-corrected chi connectivity index (χ3v) is 2.26. The normalized spacial score (nSPS) is 10.0. The predicted molar refractivity (Wildman–Crippen MR) is 63.2 cm³/mol. The molecular formula is C13H10O5. The van der Waals surface area contributed by atoms with Crippen LogP contribution in [0.5, 0.6) is 23.0 Å². The number of phenolic OH excluding ortho intramolecular Hbond substituents is 2. The molecule has 3 N–H and O–H groups in total. The van der Waals surface area contributed by atoms with E-state index in [2.05, 4.69) is 0 Å². The van der Waals surface area contributed by atoms with E-state index in [4.69, 9.17) is 14.9 Å². The van der Waals surface area contributed by atoms with Gasteiger partial charge in [0.15, 0.2) is 0 Å². The summed E-state index contributed by atoms with van der Waals surface area (Å²) >= 11 is 0. The van der Waals surface area contributed by atoms with Gasteiger partial charge in [0, 0.05) is 0 Å². The van der Waals surface area contributed by atoms with Crippen LogP contribution >= 0.6 is 0 Å². The van der Waals surface area contributed by atoms with E-state index >= 15 is 0 Å². The van der Waals surface area contributed by atoms with E-state index in [1.807, 2.05) is 0 Å². The van der Waals surface area contributed by atoms with Gasteiger partial charge in [-0.05, 0) is 42.5 Å². The van der Waals surface area contributed by atoms with Gasteiger partial charge in [-0.3, -0.25) is 0 Å². The van der Waals surface area contributed by atoms with Crippen LogP contribution in [0.15, 0.2) is 42.5 Å². The fourth-order valence-corrected chi connectivity index (χ4v) is 1.42. The fraction of sp³-hybridized carbons (Fsp3) is 0. The van der Waals surface area contributed by atoms with Crippen molar-refractivity contribution in [3.05, 3.63) is 48.0 Å². The lowest BCUT2D eigenvalue weighted by Gasteiger charge is -2.09. The average molecular weight is 246 g/mol. The van der Waals surface area contributed by atoms with Gasteiger partial charge >= 0.3 is 5.97 Å². The van der Waals surface area contributed by atoms with Crippen LogP contribution in [-0.4, -0.2) is 21.3 Å². The Balaban J connectivity index is 2.34. The van der Waals surface area contributed by atoms with Crippen LogP contribution in [0.1, 0.15) is 10.4 Å². The van der Waals surface area contributed by atoms with Crippen LogP contribution in [0.2, 0.25) is 0 Å². The summed E-state index contributed by atoms with van der Waals surface area (Å²) in [5, 5.41) is 27.3. The van der Waals surface area contributed by atoms with E-state index in [1.165, 1.54) is 36.4 Å². The Morgan fingerprint density at radius 2 is 1.56 bits per heavy atom. The molecule has 2 aromatic carbocycles. The Morgan fingerprint density at radius 3 is 2.17 bits per heavy atom. The highest BCUT2D eigenvalue weighted by Gasteiger charge is 2.13. The number of aromatic carboxylic acids is 1. The first kappa shape index (κ1) is 11.8. The van der Waals surface area contributed by atoms with Crippen molar-refractivity contribution in [2.24, 2.45) is 0 Å². The third-order valence-electron chi connectivity index (χ3n) is 2.26. The molecule has 0 bridgehead atoms. The summed E-state index contributed by atoms with van der Waals surface area (Å²) in [6.45, 7) is 0. The van der Waals surface area contributed by atoms with Crippen molar-refractivity contribution in [1.29, 1.82) is 0 Å². The first-order valence-corrected chi connectivity index (χ1v) is 5.09. The zero-order valence-corrected chi connectivity index (χ0v) is 9.20. The summed E-state index contributed by atoms with van der Waals surface area (Å²) < 4.78 is 5.38. The fourth-order valence-electron chi connectivity index (χ4n) is 1.42. The molecule has 0 aliphatic carbocycles. The van der Waals surface area contributed by atoms with Gasteiger partial charge in [0.05, 0.1) is 0 Å². The minimum atomic E-state index is -1.19. The quantitative estimate of drug-likeness (QED) is 0.774. The highest BCUT2D eigenvalue weighted by Crippen LogP contribution is 2.29. The zero-order valence-electron chi connectivity index (χ0n) is 9.20. The molecule has 0 atom stereocenters. The van der Waals surface area contributed by atoms with Gasteiger partial charge < -0.3 is 20.1 Å². The van der Waals surface area contributed by atoms with Gasteiger partial charge in [-0.25, -0.2) is 4.79 Å². The molecule has 0 fully saturated rings. The Hall–Kier alpha value is -2.69. The van der Waals surface area contributed by atoms with E-state index in [0.29, 0.717) is 5.75 Å². The van der Waals surface area contributed by atoms with Crippen LogP contribution in [0.3, 0.4) is 0 Å². The Kier molecular flexibility index (Phi) is 3.05. The van der Waals surface area contributed by atoms with Crippen molar-refractivity contribution in [2.45, 2.75) is 0 Å². The highest BCUT2D eigenvalue weighted by molar-refractivity contribution is 5.91. The minimum absolute atomic E-state index is 0.0894. The molecule has 0 saturated carbocycles. The van der Waals surface area contributed by atoms with Gasteiger partial charge in [-0.2, -0.15) is 0 Å². The van der Waals surface area contributed by atoms with Crippen molar-refractivity contribution in [3.63, 3.8) is 0 Å². The van der Waals surface area contributed by atoms with Gasteiger partial charge in [0.1, 0.15) is 28.6 Å². The van der Waals surface area contributed by atoms with Gasteiger partial charge in [-0.15, -0.1) is 0 Å². The molecule has 0 aliphatic rings. The first-order chi connectivity index (χ1) is 8.56. The van der Waals surface area contributed by atoms with Gasteiger partial charge in [0.2, 0.25) is 0 Å². The summed E-state index contributed by atoms with van der Waals surface area (Å²) in [4.78, 5) is 11.0. The summed E-state index contributed by atoms with van der Waals surface area (Å²) in [5.74, 6) is -0.747. The smallest absolute Gasteiger partial charge is 0.339 e. The largest absolute Gasteiger partial charge is 0.508 e. The molecular weight excluding hydrogens is 236 g/mol. The maximum atomic E-state index is 11.0. The number of hydrogen-bond acceptors (Lipinski definition) is 4. The molecule has 0 unspecified atom stereocenters. The zero-order chi connectivity index (χ0) is 13.1. The van der Waals surface area contributed by atoms with Crippen molar-refractivity contribution in [1.82, 2.24) is 0 Å². The average Bonchev–Trinajstić information content (AvgIpc) is 2.34. The van der Waals surface area contributed by atoms with Crippen LogP contribution < -0.4 is 4.74 Å². The molecule has 0 spiro atoms. The number of carbonyl (C=O) groups is 1. The number of carboxylic acids is 1. The lowest BCUT2D eigenvalue weighted by atomic mass is 10.2. The summed E-state index contributed by atoms with van der Waals surface area (Å²) in [6, 6.07) is 9.68. The van der Waals surface area contributed by atoms with E-state index < -0.39 is 5.97 Å². The molecule has 0 radical (unpaired) electrons. The molecule has 18 heavy (non-hydrogen) atoms. The molecule has 92 valence electrons. The number of aromatic hydroxyl groups is 2. The molecule has 0 amide bonds. The van der Waals surface area contributed by atoms with E-state index in [-0.39, 0.29) is 22.8 Å². The molecule has 5 heteroatoms. The molecule has 5 nitrogen and oxygen atoms in total. The van der Waals surface area contributed by atoms with Crippen LogP contribution in [0, 0.1) is 0 Å². The van der Waals surface area contributed by atoms with Crippen molar-refractivity contribution >= 4 is 5.97 Å². The maximum Gasteiger partial charge on any atom is 0.339 e. The number of ether oxygens (including phenoxy) is 1. The van der Waals surface area contributed by atoms with E-state index in [1.54, 1.807) is 0 Å². The van der Waals surface area contributed by atoms with Crippen LogP contribution in [-0.2, 0) is 0 Å². The lowest BCUT2D eigenvalue weighted by molar-refractivity contribution is 0.0693. The highest BCUT2D eigenvalue weighted by atomic mass is 16.5. The van der Waals surface area contributed by atoms with Crippen LogP contribution in [0.4, 0.5) is 0 Å². The first-order valence-electron chi connectivity index (χ1n) is 5.09. The number of benzene rings is 2. The van der Waals surface area contributed by atoms with E-state index in [9.17, 15) is 9.90 Å². The summed E-state index contributed by atoms with van der Waals surface area (Å²) in [6.07, 6.45) is 0. The molecule has 0 aromatic heterocycles. The second kappa shape index (κ2) is 4.67. The number of hydrogen-bond donors (Lipinski definition) is 3. The predicted octanol–water partition coefficient (Wildman–Crippen LogP) is 2.59. The monoisotopic (exact) mass is 246 g/mol. The molecule has 2 aromatic rings. The maximum absolute atomic E-state index is 11.0. The van der Waals surface area contributed by atoms with E-state index in [0.717, 1.165) is 6.07 Å². The topological polar surface area (TPSA) is 87.0 Å². The van der Waals surface area contributed by atoms with Crippen molar-refractivity contribution in [3.8, 4) is 23.0 Å². The molecule has 0 aliphatic heterocycles. The number of carboxylic acid groups (broad SMARTS) is 1. The molecule has 0 heterocycles. The van der Waals surface area contributed by atoms with Crippen molar-refractivity contribution < 1.29 is 24.9 Å². The van der Waals surface area contributed by atoms with Crippen molar-refractivity contribution in [2.75, 3.05) is 0 Å². The Labute approximate surface area is 103 Å².